The van der Waals surface area contributed by atoms with E-state index >= 15 is 0 Å². The summed E-state index contributed by atoms with van der Waals surface area (Å²) in [5, 5.41) is 8.98. The van der Waals surface area contributed by atoms with Crippen LogP contribution >= 0.6 is 0 Å². The zero-order valence-corrected chi connectivity index (χ0v) is 16.4. The van der Waals surface area contributed by atoms with Crippen molar-refractivity contribution < 1.29 is 19.1 Å². The number of likely N-dealkylation sites (tertiary alicyclic amines) is 1. The lowest BCUT2D eigenvalue weighted by Crippen LogP contribution is -2.37. The first kappa shape index (κ1) is 20.1. The van der Waals surface area contributed by atoms with Crippen LogP contribution in [0.2, 0.25) is 0 Å². The monoisotopic (exact) mass is 385 g/mol. The smallest absolute Gasteiger partial charge is 0.317 e. The maximum absolute atomic E-state index is 12.8. The summed E-state index contributed by atoms with van der Waals surface area (Å²) in [5.41, 5.74) is 1.57. The van der Waals surface area contributed by atoms with E-state index in [4.69, 9.17) is 9.52 Å². The zero-order valence-electron chi connectivity index (χ0n) is 16.4. The van der Waals surface area contributed by atoms with Crippen molar-refractivity contribution in [2.45, 2.75) is 38.6 Å². The number of aryl methyl sites for hydroxylation is 1. The highest BCUT2D eigenvalue weighted by molar-refractivity contribution is 5.78. The summed E-state index contributed by atoms with van der Waals surface area (Å²) in [6.45, 7) is 3.19. The number of nitrogens with zero attached hydrogens (tertiary/aromatic N) is 3. The maximum atomic E-state index is 12.8. The van der Waals surface area contributed by atoms with Crippen LogP contribution in [0.25, 0.3) is 11.5 Å². The number of likely N-dealkylation sites (N-methyl/N-ethyl adjacent to an activating group) is 1. The fourth-order valence-electron chi connectivity index (χ4n) is 3.66. The molecular formula is C21H27N3O4. The second-order valence-electron chi connectivity index (χ2n) is 7.34. The number of hydrogen-bond acceptors (Lipinski definition) is 5. The van der Waals surface area contributed by atoms with Gasteiger partial charge in [0.1, 0.15) is 5.76 Å². The minimum absolute atomic E-state index is 0.0268. The van der Waals surface area contributed by atoms with Crippen molar-refractivity contribution in [2.24, 2.45) is 0 Å². The molecule has 28 heavy (non-hydrogen) atoms. The highest BCUT2D eigenvalue weighted by atomic mass is 16.4. The fourth-order valence-corrected chi connectivity index (χ4v) is 3.66. The van der Waals surface area contributed by atoms with Gasteiger partial charge in [-0.3, -0.25) is 14.5 Å². The standard InChI is InChI=1S/C21H27N3O4/c1-15-18(22-21(28-15)16-7-4-3-5-8-16)13-19(25)24-11-6-9-17(10-12-24)23(2)14-20(26)27/h3-5,7-8,17H,6,9-14H2,1-2H3,(H,26,27). The average molecular weight is 385 g/mol. The van der Waals surface area contributed by atoms with Crippen molar-refractivity contribution in [1.29, 1.82) is 0 Å². The summed E-state index contributed by atoms with van der Waals surface area (Å²) < 4.78 is 5.75. The summed E-state index contributed by atoms with van der Waals surface area (Å²) >= 11 is 0. The molecule has 1 unspecified atom stereocenters. The molecule has 7 heteroatoms. The predicted molar refractivity (Wildman–Crippen MR) is 105 cm³/mol. The molecule has 2 heterocycles. The fraction of sp³-hybridized carbons (Fsp3) is 0.476. The van der Waals surface area contributed by atoms with Crippen LogP contribution in [-0.2, 0) is 16.0 Å². The SMILES string of the molecule is Cc1oc(-c2ccccc2)nc1CC(=O)N1CCCC(N(C)CC(=O)O)CC1. The Bertz CT molecular complexity index is 818. The van der Waals surface area contributed by atoms with Crippen molar-refractivity contribution in [2.75, 3.05) is 26.7 Å². The van der Waals surface area contributed by atoms with E-state index in [1.165, 1.54) is 0 Å². The molecule has 7 nitrogen and oxygen atoms in total. The van der Waals surface area contributed by atoms with Gasteiger partial charge in [-0.15, -0.1) is 0 Å². The predicted octanol–water partition coefficient (Wildman–Crippen LogP) is 2.59. The lowest BCUT2D eigenvalue weighted by atomic mass is 10.1. The third-order valence-electron chi connectivity index (χ3n) is 5.29. The van der Waals surface area contributed by atoms with E-state index in [-0.39, 0.29) is 24.9 Å². The number of rotatable bonds is 6. The molecule has 1 atom stereocenters. The van der Waals surface area contributed by atoms with Crippen molar-refractivity contribution in [1.82, 2.24) is 14.8 Å². The molecule has 0 radical (unpaired) electrons. The van der Waals surface area contributed by atoms with E-state index < -0.39 is 5.97 Å². The molecule has 3 rings (SSSR count). The van der Waals surface area contributed by atoms with Gasteiger partial charge < -0.3 is 14.4 Å². The maximum Gasteiger partial charge on any atom is 0.317 e. The Morgan fingerprint density at radius 1 is 1.25 bits per heavy atom. The number of carbonyl (C=O) groups excluding carboxylic acids is 1. The Kier molecular flexibility index (Phi) is 6.46. The molecule has 1 aliphatic rings. The highest BCUT2D eigenvalue weighted by Crippen LogP contribution is 2.23. The van der Waals surface area contributed by atoms with Crippen LogP contribution in [0.15, 0.2) is 34.7 Å². The van der Waals surface area contributed by atoms with Crippen molar-refractivity contribution in [3.8, 4) is 11.5 Å². The van der Waals surface area contributed by atoms with Crippen LogP contribution in [0.4, 0.5) is 0 Å². The van der Waals surface area contributed by atoms with Crippen LogP contribution in [0.3, 0.4) is 0 Å². The first-order valence-electron chi connectivity index (χ1n) is 9.65. The van der Waals surface area contributed by atoms with Gasteiger partial charge >= 0.3 is 5.97 Å². The molecule has 1 aliphatic heterocycles. The Hall–Kier alpha value is -2.67. The van der Waals surface area contributed by atoms with E-state index in [1.54, 1.807) is 0 Å². The van der Waals surface area contributed by atoms with Crippen LogP contribution in [-0.4, -0.2) is 64.5 Å². The minimum Gasteiger partial charge on any atom is -0.480 e. The molecule has 1 fully saturated rings. The van der Waals surface area contributed by atoms with Crippen LogP contribution in [0.1, 0.15) is 30.7 Å². The lowest BCUT2D eigenvalue weighted by Gasteiger charge is -2.25. The van der Waals surface area contributed by atoms with Crippen LogP contribution in [0.5, 0.6) is 0 Å². The van der Waals surface area contributed by atoms with Gasteiger partial charge in [-0.05, 0) is 45.4 Å². The number of amides is 1. The highest BCUT2D eigenvalue weighted by Gasteiger charge is 2.25. The Balaban J connectivity index is 1.61. The minimum atomic E-state index is -0.824. The van der Waals surface area contributed by atoms with Gasteiger partial charge in [0.05, 0.1) is 18.7 Å². The third-order valence-corrected chi connectivity index (χ3v) is 5.29. The second kappa shape index (κ2) is 9.01. The van der Waals surface area contributed by atoms with Crippen molar-refractivity contribution in [3.05, 3.63) is 41.8 Å². The quantitative estimate of drug-likeness (QED) is 0.822. The third kappa shape index (κ3) is 4.98. The number of hydrogen-bond donors (Lipinski definition) is 1. The van der Waals surface area contributed by atoms with Crippen molar-refractivity contribution in [3.63, 3.8) is 0 Å². The number of aromatic nitrogens is 1. The number of carbonyl (C=O) groups is 2. The molecule has 0 spiro atoms. The Morgan fingerprint density at radius 3 is 2.71 bits per heavy atom. The van der Waals surface area contributed by atoms with Gasteiger partial charge in [-0.25, -0.2) is 4.98 Å². The van der Waals surface area contributed by atoms with Gasteiger partial charge in [-0.2, -0.15) is 0 Å². The first-order chi connectivity index (χ1) is 13.4. The molecule has 2 aromatic rings. The molecule has 1 amide bonds. The summed E-state index contributed by atoms with van der Waals surface area (Å²) in [6, 6.07) is 9.83. The molecule has 1 aromatic carbocycles. The molecule has 1 aromatic heterocycles. The van der Waals surface area contributed by atoms with E-state index in [9.17, 15) is 9.59 Å². The molecule has 1 N–H and O–H groups in total. The number of benzene rings is 1. The molecule has 150 valence electrons. The van der Waals surface area contributed by atoms with Crippen LogP contribution < -0.4 is 0 Å². The van der Waals surface area contributed by atoms with Gasteiger partial charge in [0.25, 0.3) is 0 Å². The van der Waals surface area contributed by atoms with E-state index in [2.05, 4.69) is 4.98 Å². The molecule has 1 saturated heterocycles. The van der Waals surface area contributed by atoms with Gasteiger partial charge in [0.15, 0.2) is 0 Å². The molecular weight excluding hydrogens is 358 g/mol. The Morgan fingerprint density at radius 2 is 2.00 bits per heavy atom. The van der Waals surface area contributed by atoms with Gasteiger partial charge in [-0.1, -0.05) is 18.2 Å². The van der Waals surface area contributed by atoms with Gasteiger partial charge in [0.2, 0.25) is 11.8 Å². The lowest BCUT2D eigenvalue weighted by molar-refractivity contribution is -0.138. The van der Waals surface area contributed by atoms with Crippen LogP contribution in [0, 0.1) is 6.92 Å². The number of oxazole rings is 1. The van der Waals surface area contributed by atoms with E-state index in [0.29, 0.717) is 30.4 Å². The van der Waals surface area contributed by atoms with Gasteiger partial charge in [0, 0.05) is 24.7 Å². The van der Waals surface area contributed by atoms with E-state index in [1.807, 2.05) is 54.1 Å². The molecule has 0 saturated carbocycles. The van der Waals surface area contributed by atoms with E-state index in [0.717, 1.165) is 24.8 Å². The average Bonchev–Trinajstić information content (AvgIpc) is 2.88. The summed E-state index contributed by atoms with van der Waals surface area (Å²) in [5.74, 6) is 0.418. The first-order valence-corrected chi connectivity index (χ1v) is 9.65. The topological polar surface area (TPSA) is 86.9 Å². The Labute approximate surface area is 165 Å². The number of aliphatic carboxylic acids is 1. The molecule has 0 aliphatic carbocycles. The second-order valence-corrected chi connectivity index (χ2v) is 7.34. The largest absolute Gasteiger partial charge is 0.480 e. The summed E-state index contributed by atoms with van der Waals surface area (Å²) in [6.07, 6.45) is 2.77. The normalized spacial score (nSPS) is 17.5. The summed E-state index contributed by atoms with van der Waals surface area (Å²) in [4.78, 5) is 32.0. The number of carboxylic acid groups (broad SMARTS) is 1. The number of carboxylic acids is 1. The zero-order chi connectivity index (χ0) is 20.1. The molecule has 0 bridgehead atoms. The summed E-state index contributed by atoms with van der Waals surface area (Å²) in [7, 11) is 1.83. The van der Waals surface area contributed by atoms with Crippen molar-refractivity contribution >= 4 is 11.9 Å².